The minimum atomic E-state index is -0.638. The number of hydrogen-bond donors (Lipinski definition) is 0. The molecule has 1 aliphatic rings. The van der Waals surface area contributed by atoms with Gasteiger partial charge >= 0.3 is 5.97 Å². The first-order valence-electron chi connectivity index (χ1n) is 9.60. The Labute approximate surface area is 167 Å². The summed E-state index contributed by atoms with van der Waals surface area (Å²) in [6.07, 6.45) is 1.40. The third kappa shape index (κ3) is 3.51. The maximum atomic E-state index is 12.8. The van der Waals surface area contributed by atoms with Crippen LogP contribution in [0, 0.1) is 0 Å². The van der Waals surface area contributed by atoms with Crippen LogP contribution < -0.4 is 15.2 Å². The Kier molecular flexibility index (Phi) is 4.88. The molecule has 2 aromatic carbocycles. The smallest absolute Gasteiger partial charge is 0.364 e. The second kappa shape index (κ2) is 7.50. The van der Waals surface area contributed by atoms with Crippen LogP contribution in [0.2, 0.25) is 0 Å². The second-order valence-corrected chi connectivity index (χ2v) is 7.27. The molecule has 1 aliphatic heterocycles. The SMILES string of the molecule is CC(C)n1nc(C(=O)Oc2ccc(N3CCCC3=O)cc2)c2ccccc2c1=O. The fourth-order valence-corrected chi connectivity index (χ4v) is 3.48. The molecule has 0 spiro atoms. The topological polar surface area (TPSA) is 81.5 Å². The van der Waals surface area contributed by atoms with E-state index in [0.29, 0.717) is 29.5 Å². The third-order valence-corrected chi connectivity index (χ3v) is 4.94. The number of carbonyl (C=O) groups excluding carboxylic acids is 2. The molecule has 4 rings (SSSR count). The Morgan fingerprint density at radius 1 is 1.03 bits per heavy atom. The van der Waals surface area contributed by atoms with E-state index in [4.69, 9.17) is 4.74 Å². The number of rotatable bonds is 4. The molecule has 1 amide bonds. The van der Waals surface area contributed by atoms with Gasteiger partial charge in [0.1, 0.15) is 5.75 Å². The molecule has 3 aromatic rings. The highest BCUT2D eigenvalue weighted by atomic mass is 16.5. The van der Waals surface area contributed by atoms with Crippen LogP contribution in [-0.2, 0) is 4.79 Å². The molecule has 7 heteroatoms. The number of benzene rings is 2. The van der Waals surface area contributed by atoms with Gasteiger partial charge in [0.05, 0.1) is 11.4 Å². The summed E-state index contributed by atoms with van der Waals surface area (Å²) in [6.45, 7) is 4.36. The Balaban J connectivity index is 1.65. The van der Waals surface area contributed by atoms with E-state index >= 15 is 0 Å². The molecule has 0 N–H and O–H groups in total. The van der Waals surface area contributed by atoms with Crippen LogP contribution in [0.5, 0.6) is 5.75 Å². The monoisotopic (exact) mass is 391 g/mol. The summed E-state index contributed by atoms with van der Waals surface area (Å²) < 4.78 is 6.80. The average molecular weight is 391 g/mol. The first-order valence-corrected chi connectivity index (χ1v) is 9.60. The lowest BCUT2D eigenvalue weighted by Crippen LogP contribution is -2.28. The molecule has 0 bridgehead atoms. The van der Waals surface area contributed by atoms with Gasteiger partial charge in [0.25, 0.3) is 5.56 Å². The molecular formula is C22H21N3O4. The van der Waals surface area contributed by atoms with Gasteiger partial charge in [0.15, 0.2) is 5.69 Å². The molecule has 1 fully saturated rings. The second-order valence-electron chi connectivity index (χ2n) is 7.27. The van der Waals surface area contributed by atoms with Gasteiger partial charge in [-0.25, -0.2) is 9.48 Å². The van der Waals surface area contributed by atoms with Crippen molar-refractivity contribution in [2.75, 3.05) is 11.4 Å². The normalized spacial score (nSPS) is 14.0. The van der Waals surface area contributed by atoms with E-state index in [2.05, 4.69) is 5.10 Å². The molecular weight excluding hydrogens is 370 g/mol. The average Bonchev–Trinajstić information content (AvgIpc) is 3.14. The molecule has 0 unspecified atom stereocenters. The molecule has 1 aromatic heterocycles. The molecule has 0 radical (unpaired) electrons. The van der Waals surface area contributed by atoms with Gasteiger partial charge in [-0.2, -0.15) is 5.10 Å². The number of fused-ring (bicyclic) bond motifs is 1. The maximum Gasteiger partial charge on any atom is 0.364 e. The zero-order valence-electron chi connectivity index (χ0n) is 16.3. The van der Waals surface area contributed by atoms with E-state index in [-0.39, 0.29) is 23.2 Å². The van der Waals surface area contributed by atoms with Crippen LogP contribution in [0.15, 0.2) is 53.3 Å². The van der Waals surface area contributed by atoms with Gasteiger partial charge in [-0.05, 0) is 50.6 Å². The fourth-order valence-electron chi connectivity index (χ4n) is 3.48. The maximum absolute atomic E-state index is 12.8. The summed E-state index contributed by atoms with van der Waals surface area (Å²) >= 11 is 0. The number of aromatic nitrogens is 2. The van der Waals surface area contributed by atoms with E-state index in [1.165, 1.54) is 4.68 Å². The molecule has 0 atom stereocenters. The van der Waals surface area contributed by atoms with Crippen molar-refractivity contribution < 1.29 is 14.3 Å². The number of hydrogen-bond acceptors (Lipinski definition) is 5. The summed E-state index contributed by atoms with van der Waals surface area (Å²) in [5, 5.41) is 5.14. The number of amides is 1. The van der Waals surface area contributed by atoms with E-state index in [1.807, 2.05) is 13.8 Å². The van der Waals surface area contributed by atoms with Crippen molar-refractivity contribution in [2.24, 2.45) is 0 Å². The molecule has 0 aliphatic carbocycles. The van der Waals surface area contributed by atoms with Crippen LogP contribution >= 0.6 is 0 Å². The van der Waals surface area contributed by atoms with Gasteiger partial charge in [-0.3, -0.25) is 9.59 Å². The van der Waals surface area contributed by atoms with E-state index in [0.717, 1.165) is 12.1 Å². The molecule has 2 heterocycles. The highest BCUT2D eigenvalue weighted by Gasteiger charge is 2.22. The van der Waals surface area contributed by atoms with Crippen molar-refractivity contribution in [3.8, 4) is 5.75 Å². The van der Waals surface area contributed by atoms with Crippen molar-refractivity contribution in [1.82, 2.24) is 9.78 Å². The molecule has 148 valence electrons. The predicted octanol–water partition coefficient (Wildman–Crippen LogP) is 3.32. The molecule has 1 saturated heterocycles. The van der Waals surface area contributed by atoms with E-state index < -0.39 is 5.97 Å². The van der Waals surface area contributed by atoms with Gasteiger partial charge in [0.2, 0.25) is 5.91 Å². The molecule has 7 nitrogen and oxygen atoms in total. The van der Waals surface area contributed by atoms with Crippen molar-refractivity contribution in [2.45, 2.75) is 32.7 Å². The van der Waals surface area contributed by atoms with Crippen molar-refractivity contribution in [3.63, 3.8) is 0 Å². The lowest BCUT2D eigenvalue weighted by atomic mass is 10.1. The zero-order chi connectivity index (χ0) is 20.5. The number of ether oxygens (including phenoxy) is 1. The number of esters is 1. The zero-order valence-corrected chi connectivity index (χ0v) is 16.3. The Morgan fingerprint density at radius 2 is 1.72 bits per heavy atom. The van der Waals surface area contributed by atoms with Crippen LogP contribution in [0.3, 0.4) is 0 Å². The van der Waals surface area contributed by atoms with Crippen LogP contribution in [0.4, 0.5) is 5.69 Å². The lowest BCUT2D eigenvalue weighted by molar-refractivity contribution is -0.117. The quantitative estimate of drug-likeness (QED) is 0.503. The standard InChI is InChI=1S/C22H21N3O4/c1-14(2)25-21(27)18-7-4-3-6-17(18)20(23-25)22(28)29-16-11-9-15(10-12-16)24-13-5-8-19(24)26/h3-4,6-7,9-12,14H,5,8,13H2,1-2H3. The van der Waals surface area contributed by atoms with Gasteiger partial charge in [-0.1, -0.05) is 18.2 Å². The highest BCUT2D eigenvalue weighted by molar-refractivity contribution is 6.03. The van der Waals surface area contributed by atoms with Crippen LogP contribution in [-0.4, -0.2) is 28.2 Å². The van der Waals surface area contributed by atoms with Crippen molar-refractivity contribution >= 4 is 28.3 Å². The summed E-state index contributed by atoms with van der Waals surface area (Å²) in [4.78, 5) is 39.0. The molecule has 29 heavy (non-hydrogen) atoms. The number of carbonyl (C=O) groups is 2. The number of anilines is 1. The Morgan fingerprint density at radius 3 is 2.34 bits per heavy atom. The lowest BCUT2D eigenvalue weighted by Gasteiger charge is -2.16. The van der Waals surface area contributed by atoms with Crippen molar-refractivity contribution in [1.29, 1.82) is 0 Å². The van der Waals surface area contributed by atoms with Crippen LogP contribution in [0.1, 0.15) is 43.2 Å². The third-order valence-electron chi connectivity index (χ3n) is 4.94. The summed E-state index contributed by atoms with van der Waals surface area (Å²) in [6, 6.07) is 13.5. The van der Waals surface area contributed by atoms with E-state index in [1.54, 1.807) is 53.4 Å². The summed E-state index contributed by atoms with van der Waals surface area (Å²) in [7, 11) is 0. The predicted molar refractivity (Wildman–Crippen MR) is 109 cm³/mol. The van der Waals surface area contributed by atoms with Gasteiger partial charge in [-0.15, -0.1) is 0 Å². The van der Waals surface area contributed by atoms with E-state index in [9.17, 15) is 14.4 Å². The minimum absolute atomic E-state index is 0.0905. The fraction of sp³-hybridized carbons (Fsp3) is 0.273. The van der Waals surface area contributed by atoms with Crippen molar-refractivity contribution in [3.05, 3.63) is 64.6 Å². The molecule has 0 saturated carbocycles. The highest BCUT2D eigenvalue weighted by Crippen LogP contribution is 2.25. The largest absolute Gasteiger partial charge is 0.422 e. The summed E-state index contributed by atoms with van der Waals surface area (Å²) in [5.74, 6) is -0.194. The first kappa shape index (κ1) is 18.9. The Bertz CT molecular complexity index is 1150. The first-order chi connectivity index (χ1) is 14.0. The van der Waals surface area contributed by atoms with Gasteiger partial charge < -0.3 is 9.64 Å². The van der Waals surface area contributed by atoms with Crippen LogP contribution in [0.25, 0.3) is 10.8 Å². The minimum Gasteiger partial charge on any atom is -0.422 e. The summed E-state index contributed by atoms with van der Waals surface area (Å²) in [5.41, 5.74) is 0.628. The van der Waals surface area contributed by atoms with Gasteiger partial charge in [0, 0.05) is 24.0 Å². The number of nitrogens with zero attached hydrogens (tertiary/aromatic N) is 3. The Hall–Kier alpha value is -3.48.